The number of ether oxygens (including phenoxy) is 3. The molecule has 0 bridgehead atoms. The first-order valence-corrected chi connectivity index (χ1v) is 8.17. The van der Waals surface area contributed by atoms with Gasteiger partial charge in [-0.3, -0.25) is 4.79 Å². The Morgan fingerprint density at radius 2 is 1.85 bits per heavy atom. The molecule has 1 amide bonds. The number of aromatic nitrogens is 3. The zero-order valence-corrected chi connectivity index (χ0v) is 14.8. The van der Waals surface area contributed by atoms with Crippen molar-refractivity contribution < 1.29 is 19.0 Å². The smallest absolute Gasteiger partial charge is 0.255 e. The van der Waals surface area contributed by atoms with Crippen LogP contribution in [0.2, 0.25) is 0 Å². The van der Waals surface area contributed by atoms with E-state index in [1.807, 2.05) is 6.92 Å². The molecule has 0 aliphatic rings. The molecular weight excluding hydrogens is 336 g/mol. The second kappa shape index (κ2) is 7.73. The van der Waals surface area contributed by atoms with Gasteiger partial charge in [0.25, 0.3) is 5.91 Å². The summed E-state index contributed by atoms with van der Waals surface area (Å²) in [6.45, 7) is 2.59. The first kappa shape index (κ1) is 17.5. The Morgan fingerprint density at radius 1 is 1.15 bits per heavy atom. The van der Waals surface area contributed by atoms with Crippen molar-refractivity contribution in [3.63, 3.8) is 0 Å². The number of nitrogens with zero attached hydrogens (tertiary/aromatic N) is 2. The van der Waals surface area contributed by atoms with Crippen LogP contribution in [0.4, 0.5) is 0 Å². The van der Waals surface area contributed by atoms with Crippen LogP contribution in [0.15, 0.2) is 30.6 Å². The zero-order valence-electron chi connectivity index (χ0n) is 14.8. The summed E-state index contributed by atoms with van der Waals surface area (Å²) in [5, 5.41) is 2.83. The van der Waals surface area contributed by atoms with Crippen LogP contribution in [0, 0.1) is 0 Å². The standard InChI is InChI=1S/C18H20N4O4/c1-4-5-19-18(23)14-9-20-17-16(14)22-15(10-21-17)26-13-7-11(24-2)6-12(8-13)25-3/h6-10H,4-5H2,1-3H3,(H,19,23)(H,20,21). The maximum absolute atomic E-state index is 12.2. The SMILES string of the molecule is CCCNC(=O)c1c[nH]c2ncc(Oc3cc(OC)cc(OC)c3)nc12. The van der Waals surface area contributed by atoms with Crippen molar-refractivity contribution in [2.75, 3.05) is 20.8 Å². The number of carbonyl (C=O) groups is 1. The van der Waals surface area contributed by atoms with E-state index in [1.54, 1.807) is 38.6 Å². The van der Waals surface area contributed by atoms with Crippen LogP contribution in [-0.4, -0.2) is 41.6 Å². The van der Waals surface area contributed by atoms with E-state index in [4.69, 9.17) is 14.2 Å². The molecule has 8 heteroatoms. The highest BCUT2D eigenvalue weighted by Gasteiger charge is 2.15. The molecule has 3 rings (SSSR count). The fourth-order valence-electron chi connectivity index (χ4n) is 2.39. The van der Waals surface area contributed by atoms with Gasteiger partial charge in [0.05, 0.1) is 26.0 Å². The fraction of sp³-hybridized carbons (Fsp3) is 0.278. The highest BCUT2D eigenvalue weighted by molar-refractivity contribution is 6.04. The Kier molecular flexibility index (Phi) is 5.21. The lowest BCUT2D eigenvalue weighted by molar-refractivity contribution is 0.0955. The van der Waals surface area contributed by atoms with Gasteiger partial charge in [-0.05, 0) is 6.42 Å². The van der Waals surface area contributed by atoms with Gasteiger partial charge < -0.3 is 24.5 Å². The van der Waals surface area contributed by atoms with E-state index in [1.165, 1.54) is 6.20 Å². The van der Waals surface area contributed by atoms with Crippen LogP contribution >= 0.6 is 0 Å². The summed E-state index contributed by atoms with van der Waals surface area (Å²) in [7, 11) is 3.12. The number of rotatable bonds is 7. The van der Waals surface area contributed by atoms with Gasteiger partial charge in [-0.2, -0.15) is 0 Å². The van der Waals surface area contributed by atoms with Crippen molar-refractivity contribution in [3.8, 4) is 23.1 Å². The van der Waals surface area contributed by atoms with Crippen LogP contribution in [0.25, 0.3) is 11.2 Å². The van der Waals surface area contributed by atoms with E-state index in [-0.39, 0.29) is 11.8 Å². The molecule has 2 heterocycles. The third-order valence-electron chi connectivity index (χ3n) is 3.69. The molecule has 2 aromatic heterocycles. The summed E-state index contributed by atoms with van der Waals surface area (Å²) < 4.78 is 16.2. The summed E-state index contributed by atoms with van der Waals surface area (Å²) in [6.07, 6.45) is 3.93. The molecule has 0 aliphatic heterocycles. The monoisotopic (exact) mass is 356 g/mol. The van der Waals surface area contributed by atoms with Crippen molar-refractivity contribution in [1.29, 1.82) is 0 Å². The minimum Gasteiger partial charge on any atom is -0.496 e. The molecule has 26 heavy (non-hydrogen) atoms. The molecule has 0 aliphatic carbocycles. The summed E-state index contributed by atoms with van der Waals surface area (Å²) in [5.74, 6) is 1.73. The number of aromatic amines is 1. The molecule has 1 aromatic carbocycles. The number of methoxy groups -OCH3 is 2. The predicted octanol–water partition coefficient (Wildman–Crippen LogP) is 2.91. The Morgan fingerprint density at radius 3 is 2.50 bits per heavy atom. The average Bonchev–Trinajstić information content (AvgIpc) is 3.09. The van der Waals surface area contributed by atoms with Crippen LogP contribution < -0.4 is 19.5 Å². The lowest BCUT2D eigenvalue weighted by Crippen LogP contribution is -2.23. The van der Waals surface area contributed by atoms with Gasteiger partial charge in [0, 0.05) is 30.9 Å². The van der Waals surface area contributed by atoms with E-state index in [0.29, 0.717) is 40.5 Å². The Labute approximate surface area is 150 Å². The molecule has 136 valence electrons. The quantitative estimate of drug-likeness (QED) is 0.675. The van der Waals surface area contributed by atoms with E-state index >= 15 is 0 Å². The number of hydrogen-bond donors (Lipinski definition) is 2. The van der Waals surface area contributed by atoms with Crippen LogP contribution in [-0.2, 0) is 0 Å². The van der Waals surface area contributed by atoms with Crippen LogP contribution in [0.5, 0.6) is 23.1 Å². The highest BCUT2D eigenvalue weighted by atomic mass is 16.5. The Hall–Kier alpha value is -3.29. The molecule has 8 nitrogen and oxygen atoms in total. The molecule has 0 spiro atoms. The zero-order chi connectivity index (χ0) is 18.5. The van der Waals surface area contributed by atoms with Crippen molar-refractivity contribution >= 4 is 17.1 Å². The minimum absolute atomic E-state index is 0.201. The summed E-state index contributed by atoms with van der Waals surface area (Å²) in [4.78, 5) is 23.9. The third-order valence-corrected chi connectivity index (χ3v) is 3.69. The maximum Gasteiger partial charge on any atom is 0.255 e. The lowest BCUT2D eigenvalue weighted by Gasteiger charge is -2.09. The van der Waals surface area contributed by atoms with Gasteiger partial charge >= 0.3 is 0 Å². The van der Waals surface area contributed by atoms with Gasteiger partial charge in [-0.1, -0.05) is 6.92 Å². The van der Waals surface area contributed by atoms with E-state index in [9.17, 15) is 4.79 Å². The van der Waals surface area contributed by atoms with Crippen molar-refractivity contribution in [2.45, 2.75) is 13.3 Å². The summed E-state index contributed by atoms with van der Waals surface area (Å²) in [6, 6.07) is 5.16. The lowest BCUT2D eigenvalue weighted by atomic mass is 10.3. The number of carbonyl (C=O) groups excluding carboxylic acids is 1. The third kappa shape index (κ3) is 3.69. The van der Waals surface area contributed by atoms with Gasteiger partial charge in [-0.25, -0.2) is 9.97 Å². The molecule has 0 saturated carbocycles. The van der Waals surface area contributed by atoms with Crippen LogP contribution in [0.1, 0.15) is 23.7 Å². The second-order valence-corrected chi connectivity index (χ2v) is 5.51. The first-order chi connectivity index (χ1) is 12.6. The molecular formula is C18H20N4O4. The van der Waals surface area contributed by atoms with Gasteiger partial charge in [-0.15, -0.1) is 0 Å². The molecule has 2 N–H and O–H groups in total. The van der Waals surface area contributed by atoms with E-state index in [0.717, 1.165) is 6.42 Å². The van der Waals surface area contributed by atoms with Gasteiger partial charge in [0.1, 0.15) is 22.8 Å². The van der Waals surface area contributed by atoms with Crippen molar-refractivity contribution in [1.82, 2.24) is 20.3 Å². The number of benzene rings is 1. The first-order valence-electron chi connectivity index (χ1n) is 8.17. The summed E-state index contributed by atoms with van der Waals surface area (Å²) in [5.41, 5.74) is 1.39. The fourth-order valence-corrected chi connectivity index (χ4v) is 2.39. The van der Waals surface area contributed by atoms with Crippen molar-refractivity contribution in [2.24, 2.45) is 0 Å². The summed E-state index contributed by atoms with van der Waals surface area (Å²) >= 11 is 0. The highest BCUT2D eigenvalue weighted by Crippen LogP contribution is 2.30. The molecule has 0 atom stereocenters. The van der Waals surface area contributed by atoms with Gasteiger partial charge in [0.2, 0.25) is 5.88 Å². The predicted molar refractivity (Wildman–Crippen MR) is 96.1 cm³/mol. The van der Waals surface area contributed by atoms with E-state index < -0.39 is 0 Å². The molecule has 0 saturated heterocycles. The number of nitrogens with one attached hydrogen (secondary N) is 2. The normalized spacial score (nSPS) is 10.6. The van der Waals surface area contributed by atoms with Crippen LogP contribution in [0.3, 0.4) is 0 Å². The topological polar surface area (TPSA) is 98.4 Å². The second-order valence-electron chi connectivity index (χ2n) is 5.51. The molecule has 0 radical (unpaired) electrons. The molecule has 0 fully saturated rings. The Balaban J connectivity index is 1.90. The maximum atomic E-state index is 12.2. The number of H-pyrrole nitrogens is 1. The van der Waals surface area contributed by atoms with Crippen molar-refractivity contribution in [3.05, 3.63) is 36.2 Å². The minimum atomic E-state index is -0.201. The number of hydrogen-bond acceptors (Lipinski definition) is 6. The largest absolute Gasteiger partial charge is 0.496 e. The average molecular weight is 356 g/mol. The van der Waals surface area contributed by atoms with Gasteiger partial charge in [0.15, 0.2) is 5.65 Å². The molecule has 0 unspecified atom stereocenters. The molecule has 3 aromatic rings. The number of amides is 1. The van der Waals surface area contributed by atoms with E-state index in [2.05, 4.69) is 20.3 Å². The Bertz CT molecular complexity index is 900. The number of fused-ring (bicyclic) bond motifs is 1.